The molecule has 2 aromatic heterocycles. The van der Waals surface area contributed by atoms with Crippen LogP contribution in [0.4, 0.5) is 0 Å². The minimum Gasteiger partial charge on any atom is -0.335 e. The summed E-state index contributed by atoms with van der Waals surface area (Å²) >= 11 is 0. The molecule has 1 atom stereocenters. The van der Waals surface area contributed by atoms with Crippen LogP contribution in [0.2, 0.25) is 0 Å². The van der Waals surface area contributed by atoms with E-state index >= 15 is 0 Å². The van der Waals surface area contributed by atoms with E-state index in [0.29, 0.717) is 11.4 Å². The van der Waals surface area contributed by atoms with Gasteiger partial charge in [0.1, 0.15) is 12.1 Å². The van der Waals surface area contributed by atoms with Gasteiger partial charge in [-0.05, 0) is 42.5 Å². The van der Waals surface area contributed by atoms with Crippen molar-refractivity contribution >= 4 is 5.91 Å². The lowest BCUT2D eigenvalue weighted by Crippen LogP contribution is -2.33. The Labute approximate surface area is 147 Å². The summed E-state index contributed by atoms with van der Waals surface area (Å²) in [4.78, 5) is 23.3. The van der Waals surface area contributed by atoms with Gasteiger partial charge >= 0.3 is 0 Å². The molecule has 4 rings (SSSR count). The highest BCUT2D eigenvalue weighted by Crippen LogP contribution is 2.34. The second-order valence-corrected chi connectivity index (χ2v) is 6.40. The number of benzene rings is 1. The molecule has 5 nitrogen and oxygen atoms in total. The van der Waals surface area contributed by atoms with Gasteiger partial charge in [0.05, 0.1) is 6.04 Å². The lowest BCUT2D eigenvalue weighted by molar-refractivity contribution is 0.0715. The number of hydrogen-bond acceptors (Lipinski definition) is 3. The van der Waals surface area contributed by atoms with Crippen molar-refractivity contribution < 1.29 is 4.79 Å². The van der Waals surface area contributed by atoms with Gasteiger partial charge in [0.15, 0.2) is 0 Å². The van der Waals surface area contributed by atoms with Gasteiger partial charge in [-0.1, -0.05) is 24.3 Å². The van der Waals surface area contributed by atoms with Crippen molar-refractivity contribution in [3.63, 3.8) is 0 Å². The van der Waals surface area contributed by atoms with Crippen LogP contribution in [0, 0.1) is 0 Å². The maximum atomic E-state index is 13.0. The van der Waals surface area contributed by atoms with Crippen LogP contribution < -0.4 is 0 Å². The first-order valence-corrected chi connectivity index (χ1v) is 8.53. The van der Waals surface area contributed by atoms with Crippen LogP contribution >= 0.6 is 0 Å². The Morgan fingerprint density at radius 3 is 2.96 bits per heavy atom. The zero-order valence-corrected chi connectivity index (χ0v) is 14.2. The SMILES string of the molecule is CN(C(=O)c1ccnc(-n2ccnc2)c1)C1CCCc2ccccc21. The van der Waals surface area contributed by atoms with Crippen LogP contribution in [0.5, 0.6) is 0 Å². The predicted molar refractivity (Wildman–Crippen MR) is 95.6 cm³/mol. The van der Waals surface area contributed by atoms with Crippen LogP contribution in [-0.4, -0.2) is 32.4 Å². The topological polar surface area (TPSA) is 51.0 Å². The Morgan fingerprint density at radius 2 is 2.12 bits per heavy atom. The largest absolute Gasteiger partial charge is 0.335 e. The Hall–Kier alpha value is -2.95. The fourth-order valence-corrected chi connectivity index (χ4v) is 3.56. The summed E-state index contributed by atoms with van der Waals surface area (Å²) < 4.78 is 1.80. The number of fused-ring (bicyclic) bond motifs is 1. The lowest BCUT2D eigenvalue weighted by Gasteiger charge is -2.33. The molecular formula is C20H20N4O. The monoisotopic (exact) mass is 332 g/mol. The van der Waals surface area contributed by atoms with Crippen LogP contribution in [0.25, 0.3) is 5.82 Å². The molecule has 0 N–H and O–H groups in total. The van der Waals surface area contributed by atoms with E-state index in [4.69, 9.17) is 0 Å². The molecule has 0 fully saturated rings. The van der Waals surface area contributed by atoms with E-state index in [1.54, 1.807) is 29.4 Å². The first-order valence-electron chi connectivity index (χ1n) is 8.53. The molecule has 2 heterocycles. The summed E-state index contributed by atoms with van der Waals surface area (Å²) in [6.07, 6.45) is 10.1. The van der Waals surface area contributed by atoms with Gasteiger partial charge in [-0.2, -0.15) is 0 Å². The Balaban J connectivity index is 1.62. The number of nitrogens with zero attached hydrogens (tertiary/aromatic N) is 4. The van der Waals surface area contributed by atoms with Crippen molar-refractivity contribution in [2.75, 3.05) is 7.05 Å². The van der Waals surface area contributed by atoms with Crippen LogP contribution in [-0.2, 0) is 6.42 Å². The second kappa shape index (κ2) is 6.51. The fourth-order valence-electron chi connectivity index (χ4n) is 3.56. The van der Waals surface area contributed by atoms with Gasteiger partial charge in [-0.25, -0.2) is 9.97 Å². The normalized spacial score (nSPS) is 16.3. The van der Waals surface area contributed by atoms with Gasteiger partial charge in [-0.3, -0.25) is 9.36 Å². The third-order valence-electron chi connectivity index (χ3n) is 4.89. The first kappa shape index (κ1) is 15.6. The van der Waals surface area contributed by atoms with Gasteiger partial charge in [0.25, 0.3) is 5.91 Å². The van der Waals surface area contributed by atoms with Gasteiger partial charge in [0, 0.05) is 31.2 Å². The van der Waals surface area contributed by atoms with Crippen molar-refractivity contribution in [2.24, 2.45) is 0 Å². The first-order chi connectivity index (χ1) is 12.2. The minimum absolute atomic E-state index is 0.0190. The average Bonchev–Trinajstić information content (AvgIpc) is 3.21. The molecule has 3 aromatic rings. The van der Waals surface area contributed by atoms with Crippen LogP contribution in [0.15, 0.2) is 61.3 Å². The molecule has 1 unspecified atom stereocenters. The van der Waals surface area contributed by atoms with Crippen molar-refractivity contribution in [2.45, 2.75) is 25.3 Å². The molecule has 5 heteroatoms. The summed E-state index contributed by atoms with van der Waals surface area (Å²) in [5.41, 5.74) is 3.27. The Bertz CT molecular complexity index is 888. The number of amides is 1. The smallest absolute Gasteiger partial charge is 0.254 e. The number of pyridine rings is 1. The quantitative estimate of drug-likeness (QED) is 0.738. The lowest BCUT2D eigenvalue weighted by atomic mass is 9.87. The standard InChI is InChI=1S/C20H20N4O/c1-23(18-8-4-6-15-5-2-3-7-17(15)18)20(25)16-9-10-22-19(13-16)24-12-11-21-14-24/h2-3,5,7,9-14,18H,4,6,8H2,1H3. The van der Waals surface area contributed by atoms with Gasteiger partial charge < -0.3 is 4.90 Å². The van der Waals surface area contributed by atoms with Gasteiger partial charge in [-0.15, -0.1) is 0 Å². The molecule has 0 saturated carbocycles. The van der Waals surface area contributed by atoms with E-state index < -0.39 is 0 Å². The molecule has 1 aliphatic carbocycles. The van der Waals surface area contributed by atoms with Gasteiger partial charge in [0.2, 0.25) is 0 Å². The number of rotatable bonds is 3. The highest BCUT2D eigenvalue weighted by Gasteiger charge is 2.27. The molecule has 1 amide bonds. The zero-order chi connectivity index (χ0) is 17.2. The summed E-state index contributed by atoms with van der Waals surface area (Å²) in [5.74, 6) is 0.714. The zero-order valence-electron chi connectivity index (χ0n) is 14.2. The van der Waals surface area contributed by atoms with Crippen molar-refractivity contribution in [3.8, 4) is 5.82 Å². The molecule has 0 radical (unpaired) electrons. The van der Waals surface area contributed by atoms with Crippen molar-refractivity contribution in [3.05, 3.63) is 78.0 Å². The molecule has 1 aliphatic rings. The molecular weight excluding hydrogens is 312 g/mol. The van der Waals surface area contributed by atoms with Crippen molar-refractivity contribution in [1.29, 1.82) is 0 Å². The number of aromatic nitrogens is 3. The molecule has 0 saturated heterocycles. The highest BCUT2D eigenvalue weighted by atomic mass is 16.2. The second-order valence-electron chi connectivity index (χ2n) is 6.40. The van der Waals surface area contributed by atoms with E-state index in [1.807, 2.05) is 24.2 Å². The number of aryl methyl sites for hydroxylation is 1. The Morgan fingerprint density at radius 1 is 1.24 bits per heavy atom. The summed E-state index contributed by atoms with van der Waals surface area (Å²) in [6.45, 7) is 0. The maximum Gasteiger partial charge on any atom is 0.254 e. The van der Waals surface area contributed by atoms with Crippen molar-refractivity contribution in [1.82, 2.24) is 19.4 Å². The van der Waals surface area contributed by atoms with E-state index in [0.717, 1.165) is 19.3 Å². The molecule has 0 aliphatic heterocycles. The minimum atomic E-state index is 0.0190. The molecule has 0 spiro atoms. The third-order valence-corrected chi connectivity index (χ3v) is 4.89. The molecule has 126 valence electrons. The molecule has 25 heavy (non-hydrogen) atoms. The predicted octanol–water partition coefficient (Wildman–Crippen LogP) is 3.42. The Kier molecular flexibility index (Phi) is 4.06. The molecule has 0 bridgehead atoms. The van der Waals surface area contributed by atoms with E-state index in [2.05, 4.69) is 34.2 Å². The van der Waals surface area contributed by atoms with E-state index in [9.17, 15) is 4.79 Å². The summed E-state index contributed by atoms with van der Waals surface area (Å²) in [5, 5.41) is 0. The number of carbonyl (C=O) groups is 1. The number of imidazole rings is 1. The van der Waals surface area contributed by atoms with E-state index in [1.165, 1.54) is 11.1 Å². The average molecular weight is 332 g/mol. The molecule has 1 aromatic carbocycles. The third kappa shape index (κ3) is 2.93. The fraction of sp³-hybridized carbons (Fsp3) is 0.250. The van der Waals surface area contributed by atoms with E-state index in [-0.39, 0.29) is 11.9 Å². The van der Waals surface area contributed by atoms with Crippen LogP contribution in [0.3, 0.4) is 0 Å². The maximum absolute atomic E-state index is 13.0. The highest BCUT2D eigenvalue weighted by molar-refractivity contribution is 5.94. The summed E-state index contributed by atoms with van der Waals surface area (Å²) in [6, 6.07) is 12.2. The van der Waals surface area contributed by atoms with Crippen LogP contribution in [0.1, 0.15) is 40.4 Å². The number of carbonyl (C=O) groups excluding carboxylic acids is 1. The number of hydrogen-bond donors (Lipinski definition) is 0. The summed E-state index contributed by atoms with van der Waals surface area (Å²) in [7, 11) is 1.90.